The summed E-state index contributed by atoms with van der Waals surface area (Å²) in [5.74, 6) is 1.88. The molecule has 6 heteroatoms. The molecule has 31 heavy (non-hydrogen) atoms. The van der Waals surface area contributed by atoms with Crippen molar-refractivity contribution in [2.24, 2.45) is 4.99 Å². The fraction of sp³-hybridized carbons (Fsp3) is 0.200. The summed E-state index contributed by atoms with van der Waals surface area (Å²) in [6, 6.07) is 20.1. The van der Waals surface area contributed by atoms with Gasteiger partial charge in [0.15, 0.2) is 11.5 Å². The van der Waals surface area contributed by atoms with E-state index in [0.29, 0.717) is 28.7 Å². The van der Waals surface area contributed by atoms with Crippen LogP contribution < -0.4 is 14.2 Å². The quantitative estimate of drug-likeness (QED) is 0.448. The summed E-state index contributed by atoms with van der Waals surface area (Å²) in [6.07, 6.45) is 1.63. The number of hydrogen-bond donors (Lipinski definition) is 0. The molecule has 4 rings (SSSR count). The predicted octanol–water partition coefficient (Wildman–Crippen LogP) is 4.71. The van der Waals surface area contributed by atoms with E-state index in [2.05, 4.69) is 11.1 Å². The normalized spacial score (nSPS) is 15.4. The van der Waals surface area contributed by atoms with Crippen molar-refractivity contribution in [2.45, 2.75) is 5.92 Å². The van der Waals surface area contributed by atoms with Gasteiger partial charge < -0.3 is 19.1 Å². The minimum absolute atomic E-state index is 0.292. The van der Waals surface area contributed by atoms with Crippen molar-refractivity contribution < 1.29 is 14.2 Å². The van der Waals surface area contributed by atoms with Gasteiger partial charge in [-0.15, -0.1) is 0 Å². The standard InChI is InChI=1S/C25H23N3O3/c1-28(2)15-27-25-20(14-26)23(17-10-12-21(29-3)22(13-17)30-4)19-11-9-16-7-5-6-8-18(16)24(19)31-25/h5-13,15,23H,1-4H3/t23-/m0/s1. The van der Waals surface area contributed by atoms with Crippen LogP contribution in [0.15, 0.2) is 71.0 Å². The van der Waals surface area contributed by atoms with Crippen LogP contribution in [0.4, 0.5) is 0 Å². The number of hydrogen-bond acceptors (Lipinski definition) is 5. The van der Waals surface area contributed by atoms with Gasteiger partial charge in [0.25, 0.3) is 0 Å². The van der Waals surface area contributed by atoms with E-state index in [1.165, 1.54) is 0 Å². The van der Waals surface area contributed by atoms with Crippen LogP contribution in [0.1, 0.15) is 17.0 Å². The molecule has 1 heterocycles. The highest BCUT2D eigenvalue weighted by Crippen LogP contribution is 2.47. The van der Waals surface area contributed by atoms with Crippen molar-refractivity contribution in [3.63, 3.8) is 0 Å². The second-order valence-electron chi connectivity index (χ2n) is 7.39. The molecular weight excluding hydrogens is 390 g/mol. The zero-order valence-electron chi connectivity index (χ0n) is 17.9. The summed E-state index contributed by atoms with van der Waals surface area (Å²) in [7, 11) is 6.94. The number of benzene rings is 3. The van der Waals surface area contributed by atoms with Gasteiger partial charge >= 0.3 is 0 Å². The van der Waals surface area contributed by atoms with Crippen molar-refractivity contribution in [1.82, 2.24) is 4.90 Å². The molecule has 1 aliphatic rings. The van der Waals surface area contributed by atoms with Gasteiger partial charge in [-0.1, -0.05) is 42.5 Å². The summed E-state index contributed by atoms with van der Waals surface area (Å²) in [6.45, 7) is 0. The first-order chi connectivity index (χ1) is 15.1. The average molecular weight is 413 g/mol. The number of nitrogens with zero attached hydrogens (tertiary/aromatic N) is 3. The number of ether oxygens (including phenoxy) is 3. The Labute approximate surface area is 181 Å². The van der Waals surface area contributed by atoms with E-state index in [9.17, 15) is 5.26 Å². The lowest BCUT2D eigenvalue weighted by atomic mass is 9.82. The summed E-state index contributed by atoms with van der Waals surface area (Å²) in [5.41, 5.74) is 2.24. The number of rotatable bonds is 5. The first-order valence-corrected chi connectivity index (χ1v) is 9.83. The smallest absolute Gasteiger partial charge is 0.235 e. The Kier molecular flexibility index (Phi) is 5.50. The molecule has 0 radical (unpaired) electrons. The Bertz CT molecular complexity index is 1240. The molecule has 0 aliphatic carbocycles. The van der Waals surface area contributed by atoms with E-state index < -0.39 is 0 Å². The summed E-state index contributed by atoms with van der Waals surface area (Å²) < 4.78 is 17.1. The van der Waals surface area contributed by atoms with Crippen molar-refractivity contribution >= 4 is 17.1 Å². The second-order valence-corrected chi connectivity index (χ2v) is 7.39. The van der Waals surface area contributed by atoms with Gasteiger partial charge in [0.05, 0.1) is 26.5 Å². The second kappa shape index (κ2) is 8.41. The Balaban J connectivity index is 1.99. The molecule has 0 aromatic heterocycles. The maximum atomic E-state index is 10.1. The van der Waals surface area contributed by atoms with Gasteiger partial charge in [-0.3, -0.25) is 0 Å². The van der Waals surface area contributed by atoms with E-state index in [0.717, 1.165) is 21.9 Å². The van der Waals surface area contributed by atoms with E-state index in [-0.39, 0.29) is 5.92 Å². The van der Waals surface area contributed by atoms with Gasteiger partial charge in [-0.25, -0.2) is 4.99 Å². The first-order valence-electron chi connectivity index (χ1n) is 9.83. The van der Waals surface area contributed by atoms with Gasteiger partial charge in [0.1, 0.15) is 17.4 Å². The van der Waals surface area contributed by atoms with Crippen LogP contribution in [-0.2, 0) is 0 Å². The molecule has 0 N–H and O–H groups in total. The summed E-state index contributed by atoms with van der Waals surface area (Å²) >= 11 is 0. The highest BCUT2D eigenvalue weighted by atomic mass is 16.5. The largest absolute Gasteiger partial charge is 0.493 e. The Morgan fingerprint density at radius 2 is 1.81 bits per heavy atom. The van der Waals surface area contributed by atoms with Gasteiger partial charge in [-0.05, 0) is 23.1 Å². The minimum atomic E-state index is -0.354. The van der Waals surface area contributed by atoms with Crippen molar-refractivity contribution in [3.8, 4) is 23.3 Å². The molecule has 0 unspecified atom stereocenters. The van der Waals surface area contributed by atoms with Crippen molar-refractivity contribution in [1.29, 1.82) is 5.26 Å². The monoisotopic (exact) mass is 413 g/mol. The molecule has 6 nitrogen and oxygen atoms in total. The molecule has 0 amide bonds. The Morgan fingerprint density at radius 1 is 1.03 bits per heavy atom. The maximum Gasteiger partial charge on any atom is 0.235 e. The highest BCUT2D eigenvalue weighted by Gasteiger charge is 2.33. The summed E-state index contributed by atoms with van der Waals surface area (Å²) in [5, 5.41) is 12.1. The molecule has 0 fully saturated rings. The van der Waals surface area contributed by atoms with E-state index in [1.54, 1.807) is 25.5 Å². The van der Waals surface area contributed by atoms with Crippen molar-refractivity contribution in [2.75, 3.05) is 28.3 Å². The average Bonchev–Trinajstić information content (AvgIpc) is 2.80. The SMILES string of the molecule is COc1ccc([C@@H]2C(C#N)=C(N=CN(C)C)Oc3c2ccc2ccccc32)cc1OC. The van der Waals surface area contributed by atoms with Gasteiger partial charge in [0, 0.05) is 25.0 Å². The third-order valence-corrected chi connectivity index (χ3v) is 5.21. The fourth-order valence-electron chi connectivity index (χ4n) is 3.79. The molecule has 3 aromatic rings. The molecule has 0 spiro atoms. The van der Waals surface area contributed by atoms with Gasteiger partial charge in [-0.2, -0.15) is 5.26 Å². The van der Waals surface area contributed by atoms with Crippen LogP contribution >= 0.6 is 0 Å². The Morgan fingerprint density at radius 3 is 2.52 bits per heavy atom. The Hall–Kier alpha value is -3.98. The van der Waals surface area contributed by atoms with Gasteiger partial charge in [0.2, 0.25) is 5.88 Å². The maximum absolute atomic E-state index is 10.1. The number of fused-ring (bicyclic) bond motifs is 3. The zero-order chi connectivity index (χ0) is 22.0. The molecule has 1 aliphatic heterocycles. The first kappa shape index (κ1) is 20.3. The molecule has 0 saturated carbocycles. The summed E-state index contributed by atoms with van der Waals surface area (Å²) in [4.78, 5) is 6.27. The fourth-order valence-corrected chi connectivity index (χ4v) is 3.79. The molecule has 3 aromatic carbocycles. The molecule has 156 valence electrons. The lowest BCUT2D eigenvalue weighted by molar-refractivity contribution is 0.354. The lowest BCUT2D eigenvalue weighted by Gasteiger charge is -2.28. The molecular formula is C25H23N3O3. The molecule has 0 bridgehead atoms. The van der Waals surface area contributed by atoms with Crippen LogP contribution in [0.5, 0.6) is 17.2 Å². The van der Waals surface area contributed by atoms with Crippen LogP contribution in [-0.4, -0.2) is 39.6 Å². The predicted molar refractivity (Wildman–Crippen MR) is 121 cm³/mol. The molecule has 0 saturated heterocycles. The number of methoxy groups -OCH3 is 2. The highest BCUT2D eigenvalue weighted by molar-refractivity contribution is 5.91. The number of allylic oxidation sites excluding steroid dienone is 1. The minimum Gasteiger partial charge on any atom is -0.493 e. The number of nitriles is 1. The molecule has 1 atom stereocenters. The third-order valence-electron chi connectivity index (χ3n) is 5.21. The number of aliphatic imine (C=N–C) groups is 1. The van der Waals surface area contributed by atoms with E-state index in [1.807, 2.05) is 68.7 Å². The van der Waals surface area contributed by atoms with E-state index in [4.69, 9.17) is 14.2 Å². The van der Waals surface area contributed by atoms with E-state index >= 15 is 0 Å². The van der Waals surface area contributed by atoms with Crippen molar-refractivity contribution in [3.05, 3.63) is 77.2 Å². The topological polar surface area (TPSA) is 67.1 Å². The third kappa shape index (κ3) is 3.66. The van der Waals surface area contributed by atoms with Crippen LogP contribution in [0, 0.1) is 11.3 Å². The van der Waals surface area contributed by atoms with Crippen LogP contribution in [0.3, 0.4) is 0 Å². The lowest BCUT2D eigenvalue weighted by Crippen LogP contribution is -2.17. The van der Waals surface area contributed by atoms with Crippen LogP contribution in [0.2, 0.25) is 0 Å². The van der Waals surface area contributed by atoms with Crippen LogP contribution in [0.25, 0.3) is 10.8 Å². The zero-order valence-corrected chi connectivity index (χ0v) is 17.9.